The van der Waals surface area contributed by atoms with E-state index in [-0.39, 0.29) is 6.03 Å². The minimum atomic E-state index is -0.0890. The van der Waals surface area contributed by atoms with Gasteiger partial charge < -0.3 is 10.6 Å². The summed E-state index contributed by atoms with van der Waals surface area (Å²) in [4.78, 5) is 11.7. The third-order valence-corrected chi connectivity index (χ3v) is 3.44. The predicted molar refractivity (Wildman–Crippen MR) is 73.6 cm³/mol. The number of urea groups is 1. The molecule has 4 heteroatoms. The molecule has 16 heavy (non-hydrogen) atoms. The van der Waals surface area contributed by atoms with E-state index in [2.05, 4.69) is 33.2 Å². The van der Waals surface area contributed by atoms with Crippen molar-refractivity contribution in [3.05, 3.63) is 27.8 Å². The van der Waals surface area contributed by atoms with Gasteiger partial charge in [0, 0.05) is 15.3 Å². The van der Waals surface area contributed by atoms with Gasteiger partial charge in [0.1, 0.15) is 0 Å². The molecule has 2 rings (SSSR count). The van der Waals surface area contributed by atoms with Crippen molar-refractivity contribution < 1.29 is 4.79 Å². The highest BCUT2D eigenvalue weighted by Gasteiger charge is 2.16. The Kier molecular flexibility index (Phi) is 4.04. The number of nitrogens with one attached hydrogen (secondary N) is 2. The zero-order valence-electron chi connectivity index (χ0n) is 9.00. The molecule has 0 bridgehead atoms. The van der Waals surface area contributed by atoms with E-state index in [1.54, 1.807) is 0 Å². The van der Waals surface area contributed by atoms with Crippen LogP contribution in [0.1, 0.15) is 25.7 Å². The van der Waals surface area contributed by atoms with Crippen molar-refractivity contribution in [1.29, 1.82) is 0 Å². The molecule has 0 atom stereocenters. The van der Waals surface area contributed by atoms with Crippen molar-refractivity contribution in [2.45, 2.75) is 31.7 Å². The summed E-state index contributed by atoms with van der Waals surface area (Å²) in [6.45, 7) is 0. The van der Waals surface area contributed by atoms with Crippen LogP contribution in [0.4, 0.5) is 10.5 Å². The zero-order valence-corrected chi connectivity index (χ0v) is 11.2. The van der Waals surface area contributed by atoms with Gasteiger partial charge in [0.25, 0.3) is 0 Å². The summed E-state index contributed by atoms with van der Waals surface area (Å²) in [7, 11) is 0. The van der Waals surface area contributed by atoms with Crippen LogP contribution in [0.3, 0.4) is 0 Å². The van der Waals surface area contributed by atoms with Gasteiger partial charge in [-0.15, -0.1) is 0 Å². The Morgan fingerprint density at radius 2 is 2.06 bits per heavy atom. The van der Waals surface area contributed by atoms with Crippen LogP contribution in [-0.4, -0.2) is 12.1 Å². The number of carbonyl (C=O) groups excluding carboxylic acids is 1. The number of halogens is 1. The van der Waals surface area contributed by atoms with Crippen molar-refractivity contribution in [2.24, 2.45) is 0 Å². The fraction of sp³-hybridized carbons (Fsp3) is 0.417. The molecule has 1 aliphatic rings. The maximum atomic E-state index is 11.7. The van der Waals surface area contributed by atoms with E-state index in [1.165, 1.54) is 12.8 Å². The van der Waals surface area contributed by atoms with Crippen LogP contribution < -0.4 is 10.6 Å². The van der Waals surface area contributed by atoms with Crippen molar-refractivity contribution in [3.8, 4) is 0 Å². The number of benzene rings is 1. The SMILES string of the molecule is O=C(Nc1cccc(I)c1)NC1CCCC1. The number of carbonyl (C=O) groups is 1. The molecule has 0 spiro atoms. The van der Waals surface area contributed by atoms with Gasteiger partial charge in [0.2, 0.25) is 0 Å². The molecule has 1 aliphatic carbocycles. The van der Waals surface area contributed by atoms with E-state index >= 15 is 0 Å². The smallest absolute Gasteiger partial charge is 0.319 e. The van der Waals surface area contributed by atoms with Crippen molar-refractivity contribution >= 4 is 34.3 Å². The molecule has 0 radical (unpaired) electrons. The lowest BCUT2D eigenvalue weighted by Gasteiger charge is -2.12. The highest BCUT2D eigenvalue weighted by Crippen LogP contribution is 2.18. The Morgan fingerprint density at radius 1 is 1.31 bits per heavy atom. The summed E-state index contributed by atoms with van der Waals surface area (Å²) < 4.78 is 1.12. The van der Waals surface area contributed by atoms with E-state index in [9.17, 15) is 4.79 Å². The topological polar surface area (TPSA) is 41.1 Å². The van der Waals surface area contributed by atoms with E-state index in [0.29, 0.717) is 6.04 Å². The first-order chi connectivity index (χ1) is 7.74. The molecule has 2 N–H and O–H groups in total. The monoisotopic (exact) mass is 330 g/mol. The third-order valence-electron chi connectivity index (χ3n) is 2.77. The molecule has 0 aromatic heterocycles. The Bertz CT molecular complexity index is 375. The molecule has 1 saturated carbocycles. The van der Waals surface area contributed by atoms with E-state index in [0.717, 1.165) is 22.1 Å². The number of anilines is 1. The largest absolute Gasteiger partial charge is 0.335 e. The Hall–Kier alpha value is -0.780. The Balaban J connectivity index is 1.86. The van der Waals surface area contributed by atoms with E-state index < -0.39 is 0 Å². The highest BCUT2D eigenvalue weighted by molar-refractivity contribution is 14.1. The molecule has 86 valence electrons. The number of hydrogen-bond acceptors (Lipinski definition) is 1. The molecule has 3 nitrogen and oxygen atoms in total. The molecular formula is C12H15IN2O. The maximum Gasteiger partial charge on any atom is 0.319 e. The average molecular weight is 330 g/mol. The van der Waals surface area contributed by atoms with Gasteiger partial charge in [-0.1, -0.05) is 18.9 Å². The molecule has 1 fully saturated rings. The van der Waals surface area contributed by atoms with Crippen molar-refractivity contribution in [1.82, 2.24) is 5.32 Å². The van der Waals surface area contributed by atoms with Crippen molar-refractivity contribution in [2.75, 3.05) is 5.32 Å². The average Bonchev–Trinajstić information content (AvgIpc) is 2.70. The second-order valence-corrected chi connectivity index (χ2v) is 5.34. The van der Waals surface area contributed by atoms with Gasteiger partial charge in [-0.25, -0.2) is 4.79 Å². The molecule has 2 amide bonds. The fourth-order valence-electron chi connectivity index (χ4n) is 1.99. The van der Waals surface area contributed by atoms with E-state index in [4.69, 9.17) is 0 Å². The van der Waals surface area contributed by atoms with Gasteiger partial charge in [0.05, 0.1) is 0 Å². The Labute approximate surface area is 109 Å². The minimum absolute atomic E-state index is 0.0890. The van der Waals surface area contributed by atoms with Crippen LogP contribution >= 0.6 is 22.6 Å². The first kappa shape index (κ1) is 11.7. The second kappa shape index (κ2) is 5.52. The van der Waals surface area contributed by atoms with Gasteiger partial charge >= 0.3 is 6.03 Å². The second-order valence-electron chi connectivity index (χ2n) is 4.09. The normalized spacial score (nSPS) is 16.1. The predicted octanol–water partition coefficient (Wildman–Crippen LogP) is 3.36. The first-order valence-electron chi connectivity index (χ1n) is 5.57. The minimum Gasteiger partial charge on any atom is -0.335 e. The van der Waals surface area contributed by atoms with Crippen LogP contribution in [0.15, 0.2) is 24.3 Å². The van der Waals surface area contributed by atoms with Crippen LogP contribution in [0.2, 0.25) is 0 Å². The molecular weight excluding hydrogens is 315 g/mol. The lowest BCUT2D eigenvalue weighted by molar-refractivity contribution is 0.248. The fourth-order valence-corrected chi connectivity index (χ4v) is 2.53. The lowest BCUT2D eigenvalue weighted by atomic mass is 10.2. The molecule has 1 aromatic rings. The number of hydrogen-bond donors (Lipinski definition) is 2. The third kappa shape index (κ3) is 3.37. The molecule has 0 aliphatic heterocycles. The molecule has 0 unspecified atom stereocenters. The zero-order chi connectivity index (χ0) is 11.4. The summed E-state index contributed by atoms with van der Waals surface area (Å²) in [5, 5.41) is 5.85. The van der Waals surface area contributed by atoms with Crippen LogP contribution in [0, 0.1) is 3.57 Å². The van der Waals surface area contributed by atoms with Gasteiger partial charge in [-0.3, -0.25) is 0 Å². The highest BCUT2D eigenvalue weighted by atomic mass is 127. The molecule has 0 heterocycles. The quantitative estimate of drug-likeness (QED) is 0.802. The summed E-state index contributed by atoms with van der Waals surface area (Å²) in [6.07, 6.45) is 4.68. The number of rotatable bonds is 2. The van der Waals surface area contributed by atoms with Crippen LogP contribution in [-0.2, 0) is 0 Å². The van der Waals surface area contributed by atoms with Gasteiger partial charge in [-0.2, -0.15) is 0 Å². The summed E-state index contributed by atoms with van der Waals surface area (Å²) in [6, 6.07) is 8.07. The van der Waals surface area contributed by atoms with E-state index in [1.807, 2.05) is 24.3 Å². The summed E-state index contributed by atoms with van der Waals surface area (Å²) in [5.41, 5.74) is 0.849. The van der Waals surface area contributed by atoms with Crippen LogP contribution in [0.25, 0.3) is 0 Å². The van der Waals surface area contributed by atoms with Crippen molar-refractivity contribution in [3.63, 3.8) is 0 Å². The first-order valence-corrected chi connectivity index (χ1v) is 6.65. The summed E-state index contributed by atoms with van der Waals surface area (Å²) in [5.74, 6) is 0. The Morgan fingerprint density at radius 3 is 2.75 bits per heavy atom. The number of amides is 2. The molecule has 1 aromatic carbocycles. The molecule has 0 saturated heterocycles. The summed E-state index contributed by atoms with van der Waals surface area (Å²) >= 11 is 2.23. The van der Waals surface area contributed by atoms with Gasteiger partial charge in [-0.05, 0) is 53.6 Å². The lowest BCUT2D eigenvalue weighted by Crippen LogP contribution is -2.36. The van der Waals surface area contributed by atoms with Gasteiger partial charge in [0.15, 0.2) is 0 Å². The standard InChI is InChI=1S/C12H15IN2O/c13-9-4-3-7-11(8-9)15-12(16)14-10-5-1-2-6-10/h3-4,7-8,10H,1-2,5-6H2,(H2,14,15,16). The maximum absolute atomic E-state index is 11.7. The van der Waals surface area contributed by atoms with Crippen LogP contribution in [0.5, 0.6) is 0 Å².